The van der Waals surface area contributed by atoms with Gasteiger partial charge in [0.25, 0.3) is 0 Å². The number of nitrogens with zero attached hydrogens (tertiary/aromatic N) is 2. The van der Waals surface area contributed by atoms with Gasteiger partial charge in [-0.2, -0.15) is 13.2 Å². The molecule has 30 heavy (non-hydrogen) atoms. The molecule has 1 aliphatic heterocycles. The molecular formula is C23H27F3N2O2. The summed E-state index contributed by atoms with van der Waals surface area (Å²) in [4.78, 5) is 17.0. The molecule has 0 fully saturated rings. The highest BCUT2D eigenvalue weighted by atomic mass is 19.4. The third-order valence-electron chi connectivity index (χ3n) is 5.71. The first-order valence-electron chi connectivity index (χ1n) is 9.92. The Morgan fingerprint density at radius 2 is 1.80 bits per heavy atom. The van der Waals surface area contributed by atoms with Crippen LogP contribution >= 0.6 is 0 Å². The summed E-state index contributed by atoms with van der Waals surface area (Å²) in [6, 6.07) is 11.1. The van der Waals surface area contributed by atoms with Crippen LogP contribution in [0.1, 0.15) is 29.5 Å². The second-order valence-electron chi connectivity index (χ2n) is 8.01. The molecule has 2 atom stereocenters. The van der Waals surface area contributed by atoms with Crippen LogP contribution in [0.15, 0.2) is 42.5 Å². The number of amides is 1. The number of carbonyl (C=O) groups excluding carboxylic acids is 1. The number of likely N-dealkylation sites (N-methyl/N-ethyl adjacent to an activating group) is 1. The van der Waals surface area contributed by atoms with Gasteiger partial charge in [-0.1, -0.05) is 19.1 Å². The van der Waals surface area contributed by atoms with Crippen molar-refractivity contribution < 1.29 is 22.7 Å². The lowest BCUT2D eigenvalue weighted by Gasteiger charge is -2.27. The third kappa shape index (κ3) is 4.61. The molecule has 0 bridgehead atoms. The van der Waals surface area contributed by atoms with Crippen LogP contribution < -0.4 is 9.64 Å². The Bertz CT molecular complexity index is 894. The molecule has 3 rings (SSSR count). The quantitative estimate of drug-likeness (QED) is 0.710. The van der Waals surface area contributed by atoms with Crippen LogP contribution in [0.25, 0.3) is 0 Å². The fourth-order valence-corrected chi connectivity index (χ4v) is 3.93. The highest BCUT2D eigenvalue weighted by Gasteiger charge is 2.37. The third-order valence-corrected chi connectivity index (χ3v) is 5.71. The van der Waals surface area contributed by atoms with E-state index < -0.39 is 11.7 Å². The van der Waals surface area contributed by atoms with Crippen LogP contribution in [0.2, 0.25) is 0 Å². The average Bonchev–Trinajstić information content (AvgIpc) is 2.80. The van der Waals surface area contributed by atoms with Gasteiger partial charge in [-0.15, -0.1) is 0 Å². The Hall–Kier alpha value is -2.54. The zero-order valence-electron chi connectivity index (χ0n) is 17.7. The number of ether oxygens (including phenoxy) is 1. The fraction of sp³-hybridized carbons (Fsp3) is 0.435. The Kier molecular flexibility index (Phi) is 6.41. The number of hydrogen-bond donors (Lipinski definition) is 0. The number of benzene rings is 2. The van der Waals surface area contributed by atoms with Crippen molar-refractivity contribution in [3.8, 4) is 5.75 Å². The van der Waals surface area contributed by atoms with Crippen LogP contribution in [-0.4, -0.2) is 45.1 Å². The van der Waals surface area contributed by atoms with Gasteiger partial charge >= 0.3 is 6.18 Å². The summed E-state index contributed by atoms with van der Waals surface area (Å²) in [6.45, 7) is 2.90. The first kappa shape index (κ1) is 22.2. The van der Waals surface area contributed by atoms with Gasteiger partial charge in [0.15, 0.2) is 0 Å². The molecule has 162 valence electrons. The fourth-order valence-electron chi connectivity index (χ4n) is 3.93. The van der Waals surface area contributed by atoms with Gasteiger partial charge in [0.2, 0.25) is 5.91 Å². The smallest absolute Gasteiger partial charge is 0.416 e. The van der Waals surface area contributed by atoms with Gasteiger partial charge in [0.1, 0.15) is 5.75 Å². The largest absolute Gasteiger partial charge is 0.497 e. The summed E-state index contributed by atoms with van der Waals surface area (Å²) < 4.78 is 45.3. The number of hydrogen-bond acceptors (Lipinski definition) is 3. The summed E-state index contributed by atoms with van der Waals surface area (Å²) in [7, 11) is 5.38. The molecule has 7 heteroatoms. The Morgan fingerprint density at radius 1 is 1.13 bits per heavy atom. The van der Waals surface area contributed by atoms with E-state index in [0.717, 1.165) is 11.6 Å². The van der Waals surface area contributed by atoms with Crippen molar-refractivity contribution in [1.82, 2.24) is 4.90 Å². The Labute approximate surface area is 175 Å². The lowest BCUT2D eigenvalue weighted by molar-refractivity contribution is -0.137. The van der Waals surface area contributed by atoms with Gasteiger partial charge < -0.3 is 14.5 Å². The first-order valence-corrected chi connectivity index (χ1v) is 9.92. The Balaban J connectivity index is 2.07. The number of alkyl halides is 3. The van der Waals surface area contributed by atoms with Crippen molar-refractivity contribution >= 4 is 11.6 Å². The minimum atomic E-state index is -4.43. The minimum Gasteiger partial charge on any atom is -0.497 e. The number of methoxy groups -OCH3 is 1. The molecule has 0 saturated heterocycles. The van der Waals surface area contributed by atoms with Gasteiger partial charge in [-0.3, -0.25) is 4.79 Å². The van der Waals surface area contributed by atoms with Crippen molar-refractivity contribution in [3.63, 3.8) is 0 Å². The molecular weight excluding hydrogens is 393 g/mol. The predicted octanol–water partition coefficient (Wildman–Crippen LogP) is 4.58. The summed E-state index contributed by atoms with van der Waals surface area (Å²) in [6.07, 6.45) is -4.07. The van der Waals surface area contributed by atoms with E-state index in [2.05, 4.69) is 0 Å². The standard InChI is InChI=1S/C23H27F3N2O2/c1-15-20(16-5-8-19(30-4)9-6-16)14-17-13-18(23(24,25)26)7-10-21(17)28(22(15)29)12-11-27(2)3/h5-10,13,15,20H,11-12,14H2,1-4H3. The summed E-state index contributed by atoms with van der Waals surface area (Å²) in [5.41, 5.74) is 1.33. The molecule has 0 radical (unpaired) electrons. The lowest BCUT2D eigenvalue weighted by atomic mass is 9.82. The highest BCUT2D eigenvalue weighted by molar-refractivity contribution is 5.97. The minimum absolute atomic E-state index is 0.0730. The molecule has 0 N–H and O–H groups in total. The highest BCUT2D eigenvalue weighted by Crippen LogP contribution is 2.40. The van der Waals surface area contributed by atoms with Crippen LogP contribution in [0, 0.1) is 5.92 Å². The molecule has 1 aliphatic rings. The maximum atomic E-state index is 13.4. The second kappa shape index (κ2) is 8.68. The summed E-state index contributed by atoms with van der Waals surface area (Å²) >= 11 is 0. The molecule has 0 aromatic heterocycles. The molecule has 2 aromatic rings. The van der Waals surface area contributed by atoms with Crippen molar-refractivity contribution in [1.29, 1.82) is 0 Å². The molecule has 1 amide bonds. The van der Waals surface area contributed by atoms with E-state index >= 15 is 0 Å². The van der Waals surface area contributed by atoms with Crippen molar-refractivity contribution in [2.45, 2.75) is 25.4 Å². The zero-order valence-corrected chi connectivity index (χ0v) is 17.7. The van der Waals surface area contributed by atoms with E-state index in [4.69, 9.17) is 4.74 Å². The molecule has 2 unspecified atom stereocenters. The monoisotopic (exact) mass is 420 g/mol. The average molecular weight is 420 g/mol. The van der Waals surface area contributed by atoms with E-state index in [0.29, 0.717) is 36.5 Å². The van der Waals surface area contributed by atoms with Crippen molar-refractivity contribution in [3.05, 3.63) is 59.2 Å². The van der Waals surface area contributed by atoms with E-state index in [-0.39, 0.29) is 17.7 Å². The van der Waals surface area contributed by atoms with Crippen molar-refractivity contribution in [2.75, 3.05) is 39.2 Å². The van der Waals surface area contributed by atoms with E-state index in [1.54, 1.807) is 12.0 Å². The second-order valence-corrected chi connectivity index (χ2v) is 8.01. The van der Waals surface area contributed by atoms with Crippen LogP contribution in [0.3, 0.4) is 0 Å². The van der Waals surface area contributed by atoms with Gasteiger partial charge in [0, 0.05) is 24.7 Å². The number of anilines is 1. The molecule has 1 heterocycles. The summed E-state index contributed by atoms with van der Waals surface area (Å²) in [5.74, 6) is 0.0205. The first-order chi connectivity index (χ1) is 14.1. The van der Waals surface area contributed by atoms with Crippen molar-refractivity contribution in [2.24, 2.45) is 5.92 Å². The lowest BCUT2D eigenvalue weighted by Crippen LogP contribution is -2.40. The predicted molar refractivity (Wildman–Crippen MR) is 111 cm³/mol. The summed E-state index contributed by atoms with van der Waals surface area (Å²) in [5, 5.41) is 0. The molecule has 0 aliphatic carbocycles. The van der Waals surface area contributed by atoms with Gasteiger partial charge in [-0.25, -0.2) is 0 Å². The number of carbonyl (C=O) groups is 1. The van der Waals surface area contributed by atoms with Crippen LogP contribution in [0.4, 0.5) is 18.9 Å². The molecule has 4 nitrogen and oxygen atoms in total. The van der Waals surface area contributed by atoms with E-state index in [9.17, 15) is 18.0 Å². The van der Waals surface area contributed by atoms with Crippen LogP contribution in [0.5, 0.6) is 5.75 Å². The topological polar surface area (TPSA) is 32.8 Å². The Morgan fingerprint density at radius 3 is 2.37 bits per heavy atom. The van der Waals surface area contributed by atoms with Gasteiger partial charge in [0.05, 0.1) is 12.7 Å². The molecule has 0 spiro atoms. The maximum absolute atomic E-state index is 13.4. The van der Waals surface area contributed by atoms with E-state index in [1.807, 2.05) is 50.2 Å². The normalized spacial score (nSPS) is 19.6. The molecule has 0 saturated carbocycles. The van der Waals surface area contributed by atoms with Crippen LogP contribution in [-0.2, 0) is 17.4 Å². The maximum Gasteiger partial charge on any atom is 0.416 e. The number of rotatable bonds is 5. The SMILES string of the molecule is COc1ccc(C2Cc3cc(C(F)(F)F)ccc3N(CCN(C)C)C(=O)C2C)cc1. The molecule has 2 aromatic carbocycles. The number of fused-ring (bicyclic) bond motifs is 1. The van der Waals surface area contributed by atoms with E-state index in [1.165, 1.54) is 12.1 Å². The van der Waals surface area contributed by atoms with Gasteiger partial charge in [-0.05, 0) is 67.9 Å². The number of halogens is 3. The zero-order chi connectivity index (χ0) is 22.1.